The first-order chi connectivity index (χ1) is 8.91. The molecule has 0 bridgehead atoms. The molecule has 0 aromatic heterocycles. The Morgan fingerprint density at radius 1 is 1.16 bits per heavy atom. The second-order valence-corrected chi connectivity index (χ2v) is 6.64. The van der Waals surface area contributed by atoms with Gasteiger partial charge in [0.1, 0.15) is 0 Å². The summed E-state index contributed by atoms with van der Waals surface area (Å²) in [6.07, 6.45) is 6.69. The van der Waals surface area contributed by atoms with Gasteiger partial charge in [0.05, 0.1) is 6.42 Å². The number of aliphatic carboxylic acids is 1. The van der Waals surface area contributed by atoms with Gasteiger partial charge in [0.15, 0.2) is 0 Å². The number of hydrogen-bond donors (Lipinski definition) is 1. The van der Waals surface area contributed by atoms with E-state index in [1.54, 1.807) is 0 Å². The molecule has 1 saturated carbocycles. The van der Waals surface area contributed by atoms with Crippen molar-refractivity contribution in [3.63, 3.8) is 0 Å². The summed E-state index contributed by atoms with van der Waals surface area (Å²) in [4.78, 5) is 13.2. The topological polar surface area (TPSA) is 40.5 Å². The molecule has 0 amide bonds. The van der Waals surface area contributed by atoms with Crippen molar-refractivity contribution >= 4 is 5.97 Å². The summed E-state index contributed by atoms with van der Waals surface area (Å²) in [6.45, 7) is 9.73. The van der Waals surface area contributed by atoms with Gasteiger partial charge in [0.25, 0.3) is 0 Å². The average molecular weight is 269 g/mol. The number of carboxylic acid groups (broad SMARTS) is 1. The smallest absolute Gasteiger partial charge is 0.304 e. The highest BCUT2D eigenvalue weighted by atomic mass is 16.4. The first-order valence-corrected chi connectivity index (χ1v) is 7.89. The van der Waals surface area contributed by atoms with E-state index in [9.17, 15) is 4.79 Å². The van der Waals surface area contributed by atoms with Crippen molar-refractivity contribution in [1.29, 1.82) is 0 Å². The first-order valence-electron chi connectivity index (χ1n) is 7.89. The zero-order valence-electron chi connectivity index (χ0n) is 13.1. The Kier molecular flexibility index (Phi) is 6.84. The van der Waals surface area contributed by atoms with E-state index in [1.807, 2.05) is 0 Å². The molecule has 2 atom stereocenters. The number of nitrogens with zero attached hydrogens (tertiary/aromatic N) is 1. The molecule has 3 heteroatoms. The van der Waals surface area contributed by atoms with Crippen molar-refractivity contribution in [1.82, 2.24) is 4.90 Å². The fourth-order valence-corrected chi connectivity index (χ4v) is 3.40. The minimum Gasteiger partial charge on any atom is -0.481 e. The molecule has 112 valence electrons. The maximum absolute atomic E-state index is 10.8. The molecule has 3 nitrogen and oxygen atoms in total. The molecule has 0 aliphatic heterocycles. The third-order valence-electron chi connectivity index (χ3n) is 4.64. The molecule has 1 N–H and O–H groups in total. The van der Waals surface area contributed by atoms with E-state index in [-0.39, 0.29) is 6.42 Å². The van der Waals surface area contributed by atoms with Gasteiger partial charge in [-0.2, -0.15) is 0 Å². The monoisotopic (exact) mass is 269 g/mol. The second-order valence-electron chi connectivity index (χ2n) is 6.64. The Labute approximate surface area is 118 Å². The third-order valence-corrected chi connectivity index (χ3v) is 4.64. The van der Waals surface area contributed by atoms with Crippen LogP contribution in [0.15, 0.2) is 0 Å². The molecule has 1 aliphatic carbocycles. The van der Waals surface area contributed by atoms with Crippen LogP contribution >= 0.6 is 0 Å². The zero-order chi connectivity index (χ0) is 14.4. The quantitative estimate of drug-likeness (QED) is 0.746. The molecule has 0 aromatic carbocycles. The van der Waals surface area contributed by atoms with Crippen molar-refractivity contribution in [3.8, 4) is 0 Å². The normalized spacial score (nSPS) is 25.0. The van der Waals surface area contributed by atoms with Crippen LogP contribution in [-0.4, -0.2) is 34.6 Å². The highest BCUT2D eigenvalue weighted by Gasteiger charge is 2.26. The molecular weight excluding hydrogens is 238 g/mol. The Bertz CT molecular complexity index is 276. The first kappa shape index (κ1) is 16.5. The summed E-state index contributed by atoms with van der Waals surface area (Å²) in [5, 5.41) is 8.89. The lowest BCUT2D eigenvalue weighted by atomic mass is 9.89. The van der Waals surface area contributed by atoms with Crippen molar-refractivity contribution in [2.24, 2.45) is 11.8 Å². The van der Waals surface area contributed by atoms with Gasteiger partial charge in [-0.1, -0.05) is 26.7 Å². The summed E-state index contributed by atoms with van der Waals surface area (Å²) in [6, 6.07) is 1.03. The van der Waals surface area contributed by atoms with Crippen LogP contribution in [0.5, 0.6) is 0 Å². The fourth-order valence-electron chi connectivity index (χ4n) is 3.40. The van der Waals surface area contributed by atoms with E-state index in [2.05, 4.69) is 32.6 Å². The Morgan fingerprint density at radius 3 is 2.37 bits per heavy atom. The molecular formula is C16H31NO2. The molecule has 0 aromatic rings. The maximum Gasteiger partial charge on any atom is 0.304 e. The number of rotatable bonds is 6. The van der Waals surface area contributed by atoms with Crippen LogP contribution in [-0.2, 0) is 4.79 Å². The van der Waals surface area contributed by atoms with Crippen LogP contribution in [0.2, 0.25) is 0 Å². The minimum absolute atomic E-state index is 0.266. The Morgan fingerprint density at radius 2 is 1.84 bits per heavy atom. The molecule has 1 fully saturated rings. The molecule has 1 aliphatic rings. The highest BCUT2D eigenvalue weighted by Crippen LogP contribution is 2.31. The average Bonchev–Trinajstić information content (AvgIpc) is 2.54. The van der Waals surface area contributed by atoms with Gasteiger partial charge in [0.2, 0.25) is 0 Å². The number of carbonyl (C=O) groups is 1. The molecule has 19 heavy (non-hydrogen) atoms. The van der Waals surface area contributed by atoms with Gasteiger partial charge in [-0.3, -0.25) is 9.69 Å². The van der Waals surface area contributed by atoms with Crippen molar-refractivity contribution in [3.05, 3.63) is 0 Å². The summed E-state index contributed by atoms with van der Waals surface area (Å²) >= 11 is 0. The number of hydrogen-bond acceptors (Lipinski definition) is 2. The summed E-state index contributed by atoms with van der Waals surface area (Å²) < 4.78 is 0. The van der Waals surface area contributed by atoms with Crippen LogP contribution in [0.25, 0.3) is 0 Å². The van der Waals surface area contributed by atoms with E-state index in [4.69, 9.17) is 5.11 Å². The van der Waals surface area contributed by atoms with E-state index in [0.717, 1.165) is 11.8 Å². The molecule has 1 rings (SSSR count). The standard InChI is InChI=1S/C16H31NO2/c1-12(2)14-6-5-7-15(9-8-14)17(13(3)4)11-10-16(18)19/h12-15H,5-11H2,1-4H3,(H,18,19). The molecule has 0 saturated heterocycles. The summed E-state index contributed by atoms with van der Waals surface area (Å²) in [5.74, 6) is 0.961. The Hall–Kier alpha value is -0.570. The summed E-state index contributed by atoms with van der Waals surface area (Å²) in [5.41, 5.74) is 0. The van der Waals surface area contributed by atoms with Gasteiger partial charge in [-0.15, -0.1) is 0 Å². The van der Waals surface area contributed by atoms with Crippen molar-refractivity contribution < 1.29 is 9.90 Å². The molecule has 2 unspecified atom stereocenters. The molecule has 0 spiro atoms. The summed E-state index contributed by atoms with van der Waals surface area (Å²) in [7, 11) is 0. The van der Waals surface area contributed by atoms with Crippen LogP contribution in [0, 0.1) is 11.8 Å². The number of carboxylic acids is 1. The second kappa shape index (κ2) is 7.88. The predicted molar refractivity (Wildman–Crippen MR) is 79.3 cm³/mol. The van der Waals surface area contributed by atoms with Gasteiger partial charge in [-0.25, -0.2) is 0 Å². The third kappa shape index (κ3) is 5.52. The van der Waals surface area contributed by atoms with Crippen LogP contribution < -0.4 is 0 Å². The van der Waals surface area contributed by atoms with Crippen LogP contribution in [0.3, 0.4) is 0 Å². The maximum atomic E-state index is 10.8. The van der Waals surface area contributed by atoms with Crippen LogP contribution in [0.4, 0.5) is 0 Å². The van der Waals surface area contributed by atoms with E-state index >= 15 is 0 Å². The minimum atomic E-state index is -0.681. The van der Waals surface area contributed by atoms with Crippen molar-refractivity contribution in [2.75, 3.05) is 6.54 Å². The lowest BCUT2D eigenvalue weighted by Crippen LogP contribution is -2.41. The van der Waals surface area contributed by atoms with Gasteiger partial charge >= 0.3 is 5.97 Å². The van der Waals surface area contributed by atoms with E-state index in [0.29, 0.717) is 18.6 Å². The van der Waals surface area contributed by atoms with E-state index < -0.39 is 5.97 Å². The predicted octanol–water partition coefficient (Wildman–Crippen LogP) is 3.78. The lowest BCUT2D eigenvalue weighted by molar-refractivity contribution is -0.137. The molecule has 0 heterocycles. The molecule has 0 radical (unpaired) electrons. The fraction of sp³-hybridized carbons (Fsp3) is 0.938. The zero-order valence-corrected chi connectivity index (χ0v) is 13.1. The largest absolute Gasteiger partial charge is 0.481 e. The Balaban J connectivity index is 2.56. The SMILES string of the molecule is CC(C)C1CCCC(N(CCC(=O)O)C(C)C)CC1. The van der Waals surface area contributed by atoms with E-state index in [1.165, 1.54) is 32.1 Å². The van der Waals surface area contributed by atoms with Crippen molar-refractivity contribution in [2.45, 2.75) is 78.3 Å². The lowest BCUT2D eigenvalue weighted by Gasteiger charge is -2.34. The van der Waals surface area contributed by atoms with Gasteiger partial charge in [-0.05, 0) is 44.9 Å². The van der Waals surface area contributed by atoms with Gasteiger partial charge in [0, 0.05) is 18.6 Å². The van der Waals surface area contributed by atoms with Crippen LogP contribution in [0.1, 0.15) is 66.2 Å². The van der Waals surface area contributed by atoms with Gasteiger partial charge < -0.3 is 5.11 Å². The highest BCUT2D eigenvalue weighted by molar-refractivity contribution is 5.66.